The molecule has 0 bridgehead atoms. The number of aromatic nitrogens is 2. The molecule has 182 valence electrons. The van der Waals surface area contributed by atoms with Crippen LogP contribution in [0.3, 0.4) is 0 Å². The number of hydrogen-bond acceptors (Lipinski definition) is 8. The van der Waals surface area contributed by atoms with Crippen molar-refractivity contribution in [1.29, 1.82) is 5.26 Å². The molecule has 0 atom stereocenters. The van der Waals surface area contributed by atoms with E-state index in [-0.39, 0.29) is 18.8 Å². The van der Waals surface area contributed by atoms with E-state index >= 15 is 0 Å². The van der Waals surface area contributed by atoms with Gasteiger partial charge in [-0.3, -0.25) is 10.1 Å². The normalized spacial score (nSPS) is 11.1. The molecule has 0 radical (unpaired) electrons. The third kappa shape index (κ3) is 7.70. The first kappa shape index (κ1) is 26.0. The van der Waals surface area contributed by atoms with Gasteiger partial charge in [-0.05, 0) is 41.8 Å². The van der Waals surface area contributed by atoms with Gasteiger partial charge < -0.3 is 14.2 Å². The standard InChI is InChI=1S/C25H25ClN4O4S/c1-16(2)12-23-29-30-25(35-23)28-24(31)18(15-27)13-17-8-9-21(22(14-17)32-3)34-11-10-33-20-7-5-4-6-19(20)26/h4-9,13-14,16H,10-12H2,1-3H3,(H,28,30,31). The van der Waals surface area contributed by atoms with Crippen LogP contribution in [0.5, 0.6) is 17.2 Å². The molecule has 10 heteroatoms. The van der Waals surface area contributed by atoms with Crippen LogP contribution < -0.4 is 19.5 Å². The van der Waals surface area contributed by atoms with Crippen molar-refractivity contribution in [2.45, 2.75) is 20.3 Å². The van der Waals surface area contributed by atoms with Crippen molar-refractivity contribution >= 4 is 40.1 Å². The van der Waals surface area contributed by atoms with Crippen molar-refractivity contribution in [1.82, 2.24) is 10.2 Å². The van der Waals surface area contributed by atoms with E-state index in [9.17, 15) is 10.1 Å². The summed E-state index contributed by atoms with van der Waals surface area (Å²) in [4.78, 5) is 12.6. The third-order valence-electron chi connectivity index (χ3n) is 4.57. The second-order valence-corrected chi connectivity index (χ2v) is 9.23. The number of para-hydroxylation sites is 1. The third-order valence-corrected chi connectivity index (χ3v) is 5.74. The van der Waals surface area contributed by atoms with E-state index < -0.39 is 5.91 Å². The van der Waals surface area contributed by atoms with Crippen LogP contribution in [0.4, 0.5) is 5.13 Å². The van der Waals surface area contributed by atoms with Crippen LogP contribution in [0.15, 0.2) is 48.0 Å². The average molecular weight is 513 g/mol. The fourth-order valence-corrected chi connectivity index (χ4v) is 4.11. The molecule has 0 saturated carbocycles. The number of nitriles is 1. The number of hydrogen-bond donors (Lipinski definition) is 1. The molecular weight excluding hydrogens is 488 g/mol. The van der Waals surface area contributed by atoms with E-state index in [0.717, 1.165) is 11.4 Å². The van der Waals surface area contributed by atoms with Gasteiger partial charge in [0.2, 0.25) is 5.13 Å². The Morgan fingerprint density at radius 2 is 1.89 bits per heavy atom. The Labute approximate surface area is 213 Å². The number of carbonyl (C=O) groups is 1. The smallest absolute Gasteiger partial charge is 0.268 e. The fraction of sp³-hybridized carbons (Fsp3) is 0.280. The minimum absolute atomic E-state index is 0.0746. The fourth-order valence-electron chi connectivity index (χ4n) is 2.97. The lowest BCUT2D eigenvalue weighted by molar-refractivity contribution is -0.112. The molecule has 0 unspecified atom stereocenters. The summed E-state index contributed by atoms with van der Waals surface area (Å²) < 4.78 is 16.8. The Morgan fingerprint density at radius 1 is 1.14 bits per heavy atom. The van der Waals surface area contributed by atoms with E-state index in [4.69, 9.17) is 25.8 Å². The molecule has 0 aliphatic carbocycles. The second-order valence-electron chi connectivity index (χ2n) is 7.76. The highest BCUT2D eigenvalue weighted by molar-refractivity contribution is 7.15. The lowest BCUT2D eigenvalue weighted by Gasteiger charge is -2.12. The minimum atomic E-state index is -0.559. The lowest BCUT2D eigenvalue weighted by Crippen LogP contribution is -2.13. The summed E-state index contributed by atoms with van der Waals surface area (Å²) >= 11 is 7.37. The van der Waals surface area contributed by atoms with Gasteiger partial charge in [0.1, 0.15) is 35.6 Å². The molecule has 1 amide bonds. The first-order valence-corrected chi connectivity index (χ1v) is 12.0. The van der Waals surface area contributed by atoms with Gasteiger partial charge in [0, 0.05) is 6.42 Å². The Morgan fingerprint density at radius 3 is 2.57 bits per heavy atom. The summed E-state index contributed by atoms with van der Waals surface area (Å²) in [6, 6.07) is 14.2. The maximum atomic E-state index is 12.6. The van der Waals surface area contributed by atoms with Gasteiger partial charge in [0.15, 0.2) is 11.5 Å². The number of anilines is 1. The van der Waals surface area contributed by atoms with Crippen LogP contribution in [-0.4, -0.2) is 36.4 Å². The van der Waals surface area contributed by atoms with Crippen LogP contribution in [0.2, 0.25) is 5.02 Å². The Balaban J connectivity index is 1.62. The van der Waals surface area contributed by atoms with E-state index in [0.29, 0.717) is 38.9 Å². The Bertz CT molecular complexity index is 1240. The van der Waals surface area contributed by atoms with Crippen molar-refractivity contribution in [3.8, 4) is 23.3 Å². The summed E-state index contributed by atoms with van der Waals surface area (Å²) in [7, 11) is 1.51. The van der Waals surface area contributed by atoms with E-state index in [1.54, 1.807) is 30.3 Å². The first-order valence-electron chi connectivity index (χ1n) is 10.8. The first-order chi connectivity index (χ1) is 16.9. The van der Waals surface area contributed by atoms with Crippen molar-refractivity contribution < 1.29 is 19.0 Å². The van der Waals surface area contributed by atoms with Crippen LogP contribution >= 0.6 is 22.9 Å². The molecule has 1 N–H and O–H groups in total. The molecule has 0 aliphatic rings. The monoisotopic (exact) mass is 512 g/mol. The zero-order valence-electron chi connectivity index (χ0n) is 19.6. The van der Waals surface area contributed by atoms with Crippen LogP contribution in [-0.2, 0) is 11.2 Å². The van der Waals surface area contributed by atoms with Gasteiger partial charge in [-0.1, -0.05) is 55.0 Å². The molecule has 35 heavy (non-hydrogen) atoms. The van der Waals surface area contributed by atoms with Gasteiger partial charge in [-0.25, -0.2) is 0 Å². The molecule has 3 rings (SSSR count). The number of methoxy groups -OCH3 is 1. The predicted octanol–water partition coefficient (Wildman–Crippen LogP) is 5.40. The zero-order chi connectivity index (χ0) is 25.2. The van der Waals surface area contributed by atoms with Gasteiger partial charge in [-0.2, -0.15) is 5.26 Å². The van der Waals surface area contributed by atoms with Crippen molar-refractivity contribution in [2.75, 3.05) is 25.6 Å². The summed E-state index contributed by atoms with van der Waals surface area (Å²) in [5.74, 6) is 1.41. The lowest BCUT2D eigenvalue weighted by atomic mass is 10.1. The molecule has 0 spiro atoms. The summed E-state index contributed by atoms with van der Waals surface area (Å²) in [5.41, 5.74) is 0.528. The van der Waals surface area contributed by atoms with Gasteiger partial charge in [-0.15, -0.1) is 10.2 Å². The number of benzene rings is 2. The molecule has 1 aromatic heterocycles. The zero-order valence-corrected chi connectivity index (χ0v) is 21.2. The van der Waals surface area contributed by atoms with Gasteiger partial charge in [0.25, 0.3) is 5.91 Å². The Kier molecular flexibility index (Phi) is 9.47. The number of amides is 1. The maximum absolute atomic E-state index is 12.6. The highest BCUT2D eigenvalue weighted by Crippen LogP contribution is 2.29. The number of rotatable bonds is 11. The number of carbonyl (C=O) groups excluding carboxylic acids is 1. The number of ether oxygens (including phenoxy) is 3. The van der Waals surface area contributed by atoms with Gasteiger partial charge >= 0.3 is 0 Å². The topological polar surface area (TPSA) is 106 Å². The second kappa shape index (κ2) is 12.7. The summed E-state index contributed by atoms with van der Waals surface area (Å²) in [6.45, 7) is 4.71. The maximum Gasteiger partial charge on any atom is 0.268 e. The minimum Gasteiger partial charge on any atom is -0.493 e. The molecular formula is C25H25ClN4O4S. The predicted molar refractivity (Wildman–Crippen MR) is 136 cm³/mol. The van der Waals surface area contributed by atoms with E-state index in [1.807, 2.05) is 18.2 Å². The highest BCUT2D eigenvalue weighted by atomic mass is 35.5. The summed E-state index contributed by atoms with van der Waals surface area (Å²) in [5, 5.41) is 21.9. The van der Waals surface area contributed by atoms with E-state index in [2.05, 4.69) is 29.4 Å². The average Bonchev–Trinajstić information content (AvgIpc) is 3.27. The Hall–Kier alpha value is -3.61. The number of halogens is 1. The largest absolute Gasteiger partial charge is 0.493 e. The molecule has 3 aromatic rings. The van der Waals surface area contributed by atoms with Crippen LogP contribution in [0, 0.1) is 17.2 Å². The SMILES string of the molecule is COc1cc(C=C(C#N)C(=O)Nc2nnc(CC(C)C)s2)ccc1OCCOc1ccccc1Cl. The highest BCUT2D eigenvalue weighted by Gasteiger charge is 2.14. The van der Waals surface area contributed by atoms with Crippen LogP contribution in [0.1, 0.15) is 24.4 Å². The molecule has 8 nitrogen and oxygen atoms in total. The van der Waals surface area contributed by atoms with Gasteiger partial charge in [0.05, 0.1) is 12.1 Å². The quantitative estimate of drug-likeness (QED) is 0.208. The van der Waals surface area contributed by atoms with Crippen molar-refractivity contribution in [2.24, 2.45) is 5.92 Å². The molecule has 1 heterocycles. The number of nitrogens with one attached hydrogen (secondary N) is 1. The number of nitrogens with zero attached hydrogens (tertiary/aromatic N) is 3. The van der Waals surface area contributed by atoms with Crippen molar-refractivity contribution in [3.05, 3.63) is 63.6 Å². The summed E-state index contributed by atoms with van der Waals surface area (Å²) in [6.07, 6.45) is 2.24. The van der Waals surface area contributed by atoms with E-state index in [1.165, 1.54) is 24.5 Å². The molecule has 0 saturated heterocycles. The van der Waals surface area contributed by atoms with Crippen molar-refractivity contribution in [3.63, 3.8) is 0 Å². The molecule has 2 aromatic carbocycles. The molecule has 0 aliphatic heterocycles. The molecule has 0 fully saturated rings. The van der Waals surface area contributed by atoms with Crippen LogP contribution in [0.25, 0.3) is 6.08 Å².